The van der Waals surface area contributed by atoms with Crippen molar-refractivity contribution in [3.63, 3.8) is 0 Å². The molecule has 1 atom stereocenters. The first-order chi connectivity index (χ1) is 10.3. The number of carbonyl (C=O) groups excluding carboxylic acids is 2. The summed E-state index contributed by atoms with van der Waals surface area (Å²) in [6, 6.07) is 4.28. The van der Waals surface area contributed by atoms with Gasteiger partial charge in [0.25, 0.3) is 5.91 Å². The van der Waals surface area contributed by atoms with Gasteiger partial charge < -0.3 is 15.0 Å². The molecule has 1 aromatic heterocycles. The van der Waals surface area contributed by atoms with Gasteiger partial charge in [-0.1, -0.05) is 0 Å². The van der Waals surface area contributed by atoms with E-state index >= 15 is 0 Å². The summed E-state index contributed by atoms with van der Waals surface area (Å²) in [6.07, 6.45) is 2.74. The van der Waals surface area contributed by atoms with Gasteiger partial charge in [-0.25, -0.2) is 4.79 Å². The van der Waals surface area contributed by atoms with Crippen molar-refractivity contribution in [3.8, 4) is 6.07 Å². The van der Waals surface area contributed by atoms with Crippen LogP contribution < -0.4 is 5.73 Å². The van der Waals surface area contributed by atoms with Gasteiger partial charge >= 0.3 is 5.97 Å². The summed E-state index contributed by atoms with van der Waals surface area (Å²) in [5.41, 5.74) is 7.82. The highest BCUT2D eigenvalue weighted by atomic mass is 16.5. The molecule has 6 heteroatoms. The lowest BCUT2D eigenvalue weighted by Gasteiger charge is -2.09. The van der Waals surface area contributed by atoms with Gasteiger partial charge in [-0.15, -0.1) is 0 Å². The summed E-state index contributed by atoms with van der Waals surface area (Å²) in [5.74, 6) is -1.59. The predicted molar refractivity (Wildman–Crippen MR) is 80.5 cm³/mol. The quantitative estimate of drug-likeness (QED) is 0.509. The molecule has 6 nitrogen and oxygen atoms in total. The van der Waals surface area contributed by atoms with Crippen molar-refractivity contribution >= 4 is 18.0 Å². The maximum atomic E-state index is 11.9. The summed E-state index contributed by atoms with van der Waals surface area (Å²) >= 11 is 0. The number of nitrogens with zero attached hydrogens (tertiary/aromatic N) is 2. The Bertz CT molecular complexity index is 690. The second kappa shape index (κ2) is 6.06. The molecular formula is C16H19N3O3. The van der Waals surface area contributed by atoms with E-state index < -0.39 is 18.0 Å². The molecule has 1 saturated carbocycles. The summed E-state index contributed by atoms with van der Waals surface area (Å²) in [5, 5.41) is 9.16. The Balaban J connectivity index is 2.26. The number of amides is 1. The Morgan fingerprint density at radius 3 is 2.64 bits per heavy atom. The molecule has 22 heavy (non-hydrogen) atoms. The number of primary amides is 1. The van der Waals surface area contributed by atoms with Crippen LogP contribution in [0.5, 0.6) is 0 Å². The molecule has 1 aliphatic rings. The maximum Gasteiger partial charge on any atom is 0.349 e. The van der Waals surface area contributed by atoms with E-state index in [0.29, 0.717) is 6.04 Å². The number of hydrogen-bond donors (Lipinski definition) is 1. The highest BCUT2D eigenvalue weighted by molar-refractivity contribution is 5.99. The molecule has 1 fully saturated rings. The molecule has 1 heterocycles. The molecule has 0 spiro atoms. The van der Waals surface area contributed by atoms with E-state index in [9.17, 15) is 9.59 Å². The van der Waals surface area contributed by atoms with Gasteiger partial charge in [0.2, 0.25) is 0 Å². The third kappa shape index (κ3) is 3.19. The van der Waals surface area contributed by atoms with Crippen LogP contribution in [0.4, 0.5) is 0 Å². The molecule has 0 aromatic carbocycles. The van der Waals surface area contributed by atoms with Crippen LogP contribution >= 0.6 is 0 Å². The van der Waals surface area contributed by atoms with E-state index in [4.69, 9.17) is 15.7 Å². The van der Waals surface area contributed by atoms with Crippen molar-refractivity contribution in [3.05, 3.63) is 28.6 Å². The van der Waals surface area contributed by atoms with Gasteiger partial charge in [0, 0.05) is 17.4 Å². The lowest BCUT2D eigenvalue weighted by molar-refractivity contribution is -0.149. The van der Waals surface area contributed by atoms with Crippen LogP contribution in [0.15, 0.2) is 11.6 Å². The molecule has 0 saturated heterocycles. The number of aromatic nitrogens is 1. The molecule has 1 amide bonds. The largest absolute Gasteiger partial charge is 0.448 e. The highest BCUT2D eigenvalue weighted by Gasteiger charge is 2.27. The molecule has 116 valence electrons. The summed E-state index contributed by atoms with van der Waals surface area (Å²) in [7, 11) is 0. The van der Waals surface area contributed by atoms with Crippen molar-refractivity contribution in [1.82, 2.24) is 4.57 Å². The normalized spacial score (nSPS) is 16.0. The average Bonchev–Trinajstić information content (AvgIpc) is 3.23. The Hall–Kier alpha value is -2.55. The number of ether oxygens (including phenoxy) is 1. The fourth-order valence-corrected chi connectivity index (χ4v) is 2.42. The summed E-state index contributed by atoms with van der Waals surface area (Å²) in [4.78, 5) is 22.8. The van der Waals surface area contributed by atoms with E-state index in [2.05, 4.69) is 4.57 Å². The number of nitrogens with two attached hydrogens (primary N) is 1. The number of carbonyl (C=O) groups is 2. The van der Waals surface area contributed by atoms with Crippen LogP contribution in [-0.2, 0) is 14.3 Å². The van der Waals surface area contributed by atoms with E-state index in [-0.39, 0.29) is 5.57 Å². The van der Waals surface area contributed by atoms with E-state index in [1.165, 1.54) is 13.0 Å². The molecular weight excluding hydrogens is 282 g/mol. The number of nitriles is 1. The van der Waals surface area contributed by atoms with Gasteiger partial charge in [-0.2, -0.15) is 5.26 Å². The Labute approximate surface area is 129 Å². The van der Waals surface area contributed by atoms with Crippen LogP contribution in [0.2, 0.25) is 0 Å². The van der Waals surface area contributed by atoms with E-state index in [0.717, 1.165) is 29.8 Å². The van der Waals surface area contributed by atoms with Gasteiger partial charge in [-0.05, 0) is 51.3 Å². The summed E-state index contributed by atoms with van der Waals surface area (Å²) in [6.45, 7) is 5.33. The molecule has 0 unspecified atom stereocenters. The van der Waals surface area contributed by atoms with Gasteiger partial charge in [0.15, 0.2) is 6.10 Å². The second-order valence-electron chi connectivity index (χ2n) is 5.55. The van der Waals surface area contributed by atoms with E-state index in [1.54, 1.807) is 0 Å². The van der Waals surface area contributed by atoms with Gasteiger partial charge in [-0.3, -0.25) is 4.79 Å². The molecule has 0 bridgehead atoms. The van der Waals surface area contributed by atoms with Crippen molar-refractivity contribution < 1.29 is 14.3 Å². The molecule has 1 aliphatic carbocycles. The van der Waals surface area contributed by atoms with Crippen LogP contribution in [0.25, 0.3) is 6.08 Å². The first-order valence-electron chi connectivity index (χ1n) is 7.15. The van der Waals surface area contributed by atoms with Crippen molar-refractivity contribution in [1.29, 1.82) is 5.26 Å². The van der Waals surface area contributed by atoms with Crippen LogP contribution in [0.1, 0.15) is 42.8 Å². The topological polar surface area (TPSA) is 98.1 Å². The molecule has 0 radical (unpaired) electrons. The average molecular weight is 301 g/mol. The standard InChI is InChI=1S/C16H19N3O3/c1-9-6-12(10(2)19(9)14-4-5-14)7-13(8-17)16(21)22-11(3)15(18)20/h6-7,11,14H,4-5H2,1-3H3,(H2,18,20)/b13-7+/t11-/m1/s1. The lowest BCUT2D eigenvalue weighted by atomic mass is 10.1. The molecule has 1 aromatic rings. The number of hydrogen-bond acceptors (Lipinski definition) is 4. The number of esters is 1. The third-order valence-electron chi connectivity index (χ3n) is 3.76. The van der Waals surface area contributed by atoms with E-state index in [1.807, 2.05) is 26.0 Å². The van der Waals surface area contributed by atoms with Gasteiger partial charge in [0.05, 0.1) is 0 Å². The fraction of sp³-hybridized carbons (Fsp3) is 0.438. The number of aryl methyl sites for hydroxylation is 1. The van der Waals surface area contributed by atoms with Crippen molar-refractivity contribution in [2.45, 2.75) is 45.8 Å². The minimum Gasteiger partial charge on any atom is -0.448 e. The Kier molecular flexibility index (Phi) is 4.36. The minimum atomic E-state index is -1.07. The third-order valence-corrected chi connectivity index (χ3v) is 3.76. The maximum absolute atomic E-state index is 11.9. The zero-order valence-corrected chi connectivity index (χ0v) is 12.9. The second-order valence-corrected chi connectivity index (χ2v) is 5.55. The Morgan fingerprint density at radius 1 is 1.50 bits per heavy atom. The van der Waals surface area contributed by atoms with Gasteiger partial charge in [0.1, 0.15) is 11.6 Å². The Morgan fingerprint density at radius 2 is 2.14 bits per heavy atom. The van der Waals surface area contributed by atoms with Crippen molar-refractivity contribution in [2.75, 3.05) is 0 Å². The van der Waals surface area contributed by atoms with Crippen LogP contribution in [0, 0.1) is 25.2 Å². The first kappa shape index (κ1) is 15.8. The first-order valence-corrected chi connectivity index (χ1v) is 7.15. The zero-order valence-electron chi connectivity index (χ0n) is 12.9. The van der Waals surface area contributed by atoms with Crippen LogP contribution in [0.3, 0.4) is 0 Å². The lowest BCUT2D eigenvalue weighted by Crippen LogP contribution is -2.30. The smallest absolute Gasteiger partial charge is 0.349 e. The van der Waals surface area contributed by atoms with Crippen LogP contribution in [-0.4, -0.2) is 22.5 Å². The highest BCUT2D eigenvalue weighted by Crippen LogP contribution is 2.38. The zero-order chi connectivity index (χ0) is 16.4. The number of rotatable bonds is 5. The SMILES string of the molecule is Cc1cc(/C=C(\C#N)C(=O)O[C@H](C)C(N)=O)c(C)n1C1CC1. The minimum absolute atomic E-state index is 0.149. The molecule has 2 rings (SSSR count). The molecule has 2 N–H and O–H groups in total. The monoisotopic (exact) mass is 301 g/mol. The fourth-order valence-electron chi connectivity index (χ4n) is 2.42. The predicted octanol–water partition coefficient (Wildman–Crippen LogP) is 1.76. The summed E-state index contributed by atoms with van der Waals surface area (Å²) < 4.78 is 7.08. The van der Waals surface area contributed by atoms with Crippen molar-refractivity contribution in [2.24, 2.45) is 5.73 Å². The molecule has 0 aliphatic heterocycles.